The molecule has 1 aliphatic heterocycles. The molecule has 2 nitrogen and oxygen atoms in total. The van der Waals surface area contributed by atoms with Crippen LogP contribution in [-0.2, 0) is 11.2 Å². The zero-order chi connectivity index (χ0) is 13.0. The van der Waals surface area contributed by atoms with E-state index in [0.29, 0.717) is 10.0 Å². The summed E-state index contributed by atoms with van der Waals surface area (Å²) in [5, 5.41) is 4.84. The van der Waals surface area contributed by atoms with Gasteiger partial charge in [0.1, 0.15) is 5.76 Å². The fraction of sp³-hybridized carbons (Fsp3) is 0.429. The Labute approximate surface area is 118 Å². The highest BCUT2D eigenvalue weighted by atomic mass is 35.5. The van der Waals surface area contributed by atoms with Crippen LogP contribution in [0.3, 0.4) is 0 Å². The Morgan fingerprint density at radius 2 is 2.06 bits per heavy atom. The molecule has 1 aliphatic rings. The monoisotopic (exact) mass is 285 g/mol. The van der Waals surface area contributed by atoms with Gasteiger partial charge in [-0.05, 0) is 36.7 Å². The van der Waals surface area contributed by atoms with Crippen LogP contribution >= 0.6 is 23.2 Å². The fourth-order valence-corrected chi connectivity index (χ4v) is 2.68. The van der Waals surface area contributed by atoms with E-state index in [4.69, 9.17) is 27.9 Å². The number of rotatable bonds is 5. The summed E-state index contributed by atoms with van der Waals surface area (Å²) in [6, 6.07) is 5.75. The van der Waals surface area contributed by atoms with Crippen molar-refractivity contribution in [2.24, 2.45) is 0 Å². The van der Waals surface area contributed by atoms with E-state index < -0.39 is 0 Å². The first-order valence-electron chi connectivity index (χ1n) is 6.21. The summed E-state index contributed by atoms with van der Waals surface area (Å²) in [5.74, 6) is 1.01. The lowest BCUT2D eigenvalue weighted by Gasteiger charge is -2.20. The first kappa shape index (κ1) is 13.7. The van der Waals surface area contributed by atoms with Crippen LogP contribution in [0.4, 0.5) is 0 Å². The van der Waals surface area contributed by atoms with E-state index in [-0.39, 0.29) is 6.04 Å². The summed E-state index contributed by atoms with van der Waals surface area (Å²) in [6.07, 6.45) is 3.86. The van der Waals surface area contributed by atoms with Crippen molar-refractivity contribution in [3.05, 3.63) is 45.6 Å². The third-order valence-corrected chi connectivity index (χ3v) is 3.70. The molecule has 2 rings (SSSR count). The van der Waals surface area contributed by atoms with Crippen molar-refractivity contribution in [2.45, 2.75) is 25.8 Å². The molecule has 1 aromatic carbocycles. The van der Waals surface area contributed by atoms with Crippen LogP contribution < -0.4 is 5.32 Å². The normalized spacial score (nSPS) is 16.3. The maximum atomic E-state index is 6.21. The van der Waals surface area contributed by atoms with Crippen molar-refractivity contribution in [3.8, 4) is 0 Å². The van der Waals surface area contributed by atoms with Crippen LogP contribution in [0.1, 0.15) is 18.9 Å². The molecule has 0 spiro atoms. The number of ether oxygens (including phenoxy) is 1. The summed E-state index contributed by atoms with van der Waals surface area (Å²) in [7, 11) is 0. The SMILES string of the molecule is CCNC(Cc1c(Cl)cccc1Cl)C1=CCCO1. The minimum Gasteiger partial charge on any atom is -0.496 e. The number of nitrogens with one attached hydrogen (secondary N) is 1. The van der Waals surface area contributed by atoms with Crippen molar-refractivity contribution in [2.75, 3.05) is 13.2 Å². The first-order valence-corrected chi connectivity index (χ1v) is 6.97. The summed E-state index contributed by atoms with van der Waals surface area (Å²) in [4.78, 5) is 0. The highest BCUT2D eigenvalue weighted by Gasteiger charge is 2.20. The van der Waals surface area contributed by atoms with Crippen molar-refractivity contribution >= 4 is 23.2 Å². The smallest absolute Gasteiger partial charge is 0.109 e. The molecule has 0 radical (unpaired) electrons. The number of hydrogen-bond acceptors (Lipinski definition) is 2. The van der Waals surface area contributed by atoms with Gasteiger partial charge in [-0.25, -0.2) is 0 Å². The molecular weight excluding hydrogens is 269 g/mol. The van der Waals surface area contributed by atoms with Gasteiger partial charge in [0.05, 0.1) is 12.6 Å². The second kappa shape index (κ2) is 6.46. The molecule has 0 saturated carbocycles. The molecule has 0 aromatic heterocycles. The lowest BCUT2D eigenvalue weighted by molar-refractivity contribution is 0.215. The molecule has 0 saturated heterocycles. The molecule has 1 unspecified atom stereocenters. The predicted octanol–water partition coefficient (Wildman–Crippen LogP) is 3.82. The van der Waals surface area contributed by atoms with E-state index in [1.807, 2.05) is 18.2 Å². The first-order chi connectivity index (χ1) is 8.72. The zero-order valence-electron chi connectivity index (χ0n) is 10.4. The molecule has 1 N–H and O–H groups in total. The largest absolute Gasteiger partial charge is 0.496 e. The van der Waals surface area contributed by atoms with Gasteiger partial charge in [0.15, 0.2) is 0 Å². The Morgan fingerprint density at radius 1 is 1.33 bits per heavy atom. The molecule has 0 amide bonds. The minimum atomic E-state index is 0.148. The van der Waals surface area contributed by atoms with Crippen LogP contribution in [0, 0.1) is 0 Å². The molecule has 98 valence electrons. The van der Waals surface area contributed by atoms with Gasteiger partial charge in [0.2, 0.25) is 0 Å². The Balaban J connectivity index is 2.18. The van der Waals surface area contributed by atoms with E-state index in [2.05, 4.69) is 18.3 Å². The van der Waals surface area contributed by atoms with E-state index >= 15 is 0 Å². The van der Waals surface area contributed by atoms with Gasteiger partial charge in [-0.3, -0.25) is 0 Å². The molecule has 4 heteroatoms. The average molecular weight is 286 g/mol. The van der Waals surface area contributed by atoms with Crippen molar-refractivity contribution in [3.63, 3.8) is 0 Å². The molecule has 1 atom stereocenters. The van der Waals surface area contributed by atoms with E-state index in [1.54, 1.807) is 0 Å². The van der Waals surface area contributed by atoms with Gasteiger partial charge in [-0.1, -0.05) is 36.2 Å². The summed E-state index contributed by atoms with van der Waals surface area (Å²) in [5.41, 5.74) is 0.975. The van der Waals surface area contributed by atoms with Crippen molar-refractivity contribution in [1.29, 1.82) is 0 Å². The lowest BCUT2D eigenvalue weighted by Crippen LogP contribution is -2.33. The van der Waals surface area contributed by atoms with Crippen molar-refractivity contribution < 1.29 is 4.74 Å². The lowest BCUT2D eigenvalue weighted by atomic mass is 10.0. The minimum absolute atomic E-state index is 0.148. The standard InChI is InChI=1S/C14H17Cl2NO/c1-2-17-13(14-7-4-8-18-14)9-10-11(15)5-3-6-12(10)16/h3,5-7,13,17H,2,4,8-9H2,1H3. The molecule has 1 heterocycles. The van der Waals surface area contributed by atoms with Crippen LogP contribution in [0.5, 0.6) is 0 Å². The fourth-order valence-electron chi connectivity index (χ4n) is 2.13. The van der Waals surface area contributed by atoms with Gasteiger partial charge in [-0.15, -0.1) is 0 Å². The van der Waals surface area contributed by atoms with E-state index in [1.165, 1.54) is 0 Å². The molecule has 0 bridgehead atoms. The average Bonchev–Trinajstić information content (AvgIpc) is 2.86. The summed E-state index contributed by atoms with van der Waals surface area (Å²) >= 11 is 12.4. The van der Waals surface area contributed by atoms with Gasteiger partial charge in [0.25, 0.3) is 0 Å². The van der Waals surface area contributed by atoms with Gasteiger partial charge < -0.3 is 10.1 Å². The molecule has 0 aliphatic carbocycles. The number of halogens is 2. The quantitative estimate of drug-likeness (QED) is 0.888. The van der Waals surface area contributed by atoms with Crippen LogP contribution in [-0.4, -0.2) is 19.2 Å². The topological polar surface area (TPSA) is 21.3 Å². The third kappa shape index (κ3) is 3.19. The highest BCUT2D eigenvalue weighted by Crippen LogP contribution is 2.27. The molecule has 1 aromatic rings. The van der Waals surface area contributed by atoms with E-state index in [0.717, 1.165) is 37.3 Å². The predicted molar refractivity (Wildman–Crippen MR) is 76.3 cm³/mol. The van der Waals surface area contributed by atoms with E-state index in [9.17, 15) is 0 Å². The highest BCUT2D eigenvalue weighted by molar-refractivity contribution is 6.36. The van der Waals surface area contributed by atoms with Gasteiger partial charge in [0, 0.05) is 16.5 Å². The maximum Gasteiger partial charge on any atom is 0.109 e. The van der Waals surface area contributed by atoms with Gasteiger partial charge >= 0.3 is 0 Å². The third-order valence-electron chi connectivity index (χ3n) is 3.00. The van der Waals surface area contributed by atoms with Crippen LogP contribution in [0.15, 0.2) is 30.0 Å². The Morgan fingerprint density at radius 3 is 2.61 bits per heavy atom. The molecule has 18 heavy (non-hydrogen) atoms. The Kier molecular flexibility index (Phi) is 4.93. The zero-order valence-corrected chi connectivity index (χ0v) is 11.9. The second-order valence-electron chi connectivity index (χ2n) is 4.26. The van der Waals surface area contributed by atoms with Crippen molar-refractivity contribution in [1.82, 2.24) is 5.32 Å². The van der Waals surface area contributed by atoms with Crippen LogP contribution in [0.2, 0.25) is 10.0 Å². The molecule has 0 fully saturated rings. The maximum absolute atomic E-state index is 6.21. The van der Waals surface area contributed by atoms with Crippen LogP contribution in [0.25, 0.3) is 0 Å². The summed E-state index contributed by atoms with van der Waals surface area (Å²) < 4.78 is 5.63. The summed E-state index contributed by atoms with van der Waals surface area (Å²) in [6.45, 7) is 3.73. The number of likely N-dealkylation sites (N-methyl/N-ethyl adjacent to an activating group) is 1. The van der Waals surface area contributed by atoms with Gasteiger partial charge in [-0.2, -0.15) is 0 Å². The number of benzene rings is 1. The number of hydrogen-bond donors (Lipinski definition) is 1. The molecular formula is C14H17Cl2NO. The Hall–Kier alpha value is -0.700. The second-order valence-corrected chi connectivity index (χ2v) is 5.07. The Bertz CT molecular complexity index is 425.